The van der Waals surface area contributed by atoms with Crippen LogP contribution in [-0.4, -0.2) is 5.11 Å². The van der Waals surface area contributed by atoms with Crippen molar-refractivity contribution in [2.75, 3.05) is 0 Å². The molecule has 1 nitrogen and oxygen atoms in total. The molecule has 0 radical (unpaired) electrons. The molecule has 1 rings (SSSR count). The predicted octanol–water partition coefficient (Wildman–Crippen LogP) is 5.42. The average Bonchev–Trinajstić information content (AvgIpc) is 2.44. The lowest BCUT2D eigenvalue weighted by molar-refractivity contribution is 0.0151. The van der Waals surface area contributed by atoms with Gasteiger partial charge in [0, 0.05) is 0 Å². The van der Waals surface area contributed by atoms with Crippen LogP contribution >= 0.6 is 0 Å². The molecule has 0 amide bonds. The van der Waals surface area contributed by atoms with E-state index in [0.717, 1.165) is 31.2 Å². The number of benzene rings is 1. The first kappa shape index (κ1) is 16.2. The highest BCUT2D eigenvalue weighted by Crippen LogP contribution is 2.32. The lowest BCUT2D eigenvalue weighted by Crippen LogP contribution is -2.25. The van der Waals surface area contributed by atoms with E-state index in [-0.39, 0.29) is 0 Å². The van der Waals surface area contributed by atoms with Crippen molar-refractivity contribution in [2.45, 2.75) is 77.2 Å². The van der Waals surface area contributed by atoms with Gasteiger partial charge in [-0.2, -0.15) is 0 Å². The summed E-state index contributed by atoms with van der Waals surface area (Å²) in [6.07, 6.45) is 10.5. The third kappa shape index (κ3) is 5.78. The van der Waals surface area contributed by atoms with Crippen LogP contribution in [0.15, 0.2) is 30.3 Å². The van der Waals surface area contributed by atoms with Gasteiger partial charge in [0.25, 0.3) is 0 Å². The monoisotopic (exact) mass is 262 g/mol. The van der Waals surface area contributed by atoms with Crippen molar-refractivity contribution in [1.29, 1.82) is 0 Å². The Hall–Kier alpha value is -0.820. The molecule has 0 bridgehead atoms. The van der Waals surface area contributed by atoms with E-state index in [9.17, 15) is 5.11 Å². The van der Waals surface area contributed by atoms with Crippen LogP contribution in [0.5, 0.6) is 0 Å². The Balaban J connectivity index is 2.44. The van der Waals surface area contributed by atoms with E-state index in [2.05, 4.69) is 26.0 Å². The molecule has 0 fully saturated rings. The molecule has 1 atom stereocenters. The van der Waals surface area contributed by atoms with Gasteiger partial charge in [-0.3, -0.25) is 0 Å². The maximum atomic E-state index is 10.9. The Morgan fingerprint density at radius 2 is 1.42 bits per heavy atom. The lowest BCUT2D eigenvalue weighted by atomic mass is 9.84. The van der Waals surface area contributed by atoms with Crippen LogP contribution in [0, 0.1) is 0 Å². The number of aliphatic hydroxyl groups is 1. The molecule has 1 aromatic carbocycles. The first-order chi connectivity index (χ1) is 9.23. The van der Waals surface area contributed by atoms with Gasteiger partial charge in [-0.15, -0.1) is 0 Å². The minimum absolute atomic E-state index is 0.610. The molecule has 0 saturated carbocycles. The predicted molar refractivity (Wildman–Crippen MR) is 83.2 cm³/mol. The summed E-state index contributed by atoms with van der Waals surface area (Å²) in [5, 5.41) is 10.9. The van der Waals surface area contributed by atoms with Crippen molar-refractivity contribution in [2.24, 2.45) is 0 Å². The summed E-state index contributed by atoms with van der Waals surface area (Å²) in [5.41, 5.74) is 0.478. The molecule has 0 aliphatic rings. The molecular formula is C18H30O. The second kappa shape index (κ2) is 9.14. The number of hydrogen-bond acceptors (Lipinski definition) is 1. The Morgan fingerprint density at radius 3 is 2.05 bits per heavy atom. The van der Waals surface area contributed by atoms with Crippen LogP contribution in [0.25, 0.3) is 0 Å². The van der Waals surface area contributed by atoms with Crippen molar-refractivity contribution in [3.63, 3.8) is 0 Å². The topological polar surface area (TPSA) is 20.2 Å². The highest BCUT2D eigenvalue weighted by molar-refractivity contribution is 5.22. The maximum absolute atomic E-state index is 10.9. The van der Waals surface area contributed by atoms with Gasteiger partial charge in [-0.1, -0.05) is 89.1 Å². The summed E-state index contributed by atoms with van der Waals surface area (Å²) >= 11 is 0. The molecule has 0 aromatic heterocycles. The van der Waals surface area contributed by atoms with Gasteiger partial charge in [-0.25, -0.2) is 0 Å². The highest BCUT2D eigenvalue weighted by Gasteiger charge is 2.27. The fraction of sp³-hybridized carbons (Fsp3) is 0.667. The summed E-state index contributed by atoms with van der Waals surface area (Å²) < 4.78 is 0. The third-order valence-electron chi connectivity index (χ3n) is 3.92. The standard InChI is InChI=1S/C18H30O/c1-3-5-6-7-8-12-16-18(19,15-4-2)17-13-10-9-11-14-17/h9-11,13-14,19H,3-8,12,15-16H2,1-2H3. The minimum atomic E-state index is -0.610. The zero-order chi connectivity index (χ0) is 14.0. The summed E-state index contributed by atoms with van der Waals surface area (Å²) in [6, 6.07) is 10.2. The molecule has 108 valence electrons. The molecular weight excluding hydrogens is 232 g/mol. The second-order valence-corrected chi connectivity index (χ2v) is 5.67. The van der Waals surface area contributed by atoms with Gasteiger partial charge in [0.1, 0.15) is 0 Å². The highest BCUT2D eigenvalue weighted by atomic mass is 16.3. The van der Waals surface area contributed by atoms with Crippen molar-refractivity contribution >= 4 is 0 Å². The molecule has 0 spiro atoms. The molecule has 19 heavy (non-hydrogen) atoms. The van der Waals surface area contributed by atoms with Crippen LogP contribution in [0.4, 0.5) is 0 Å². The largest absolute Gasteiger partial charge is 0.385 e. The van der Waals surface area contributed by atoms with Gasteiger partial charge in [0.05, 0.1) is 5.60 Å². The smallest absolute Gasteiger partial charge is 0.0896 e. The van der Waals surface area contributed by atoms with E-state index in [4.69, 9.17) is 0 Å². The summed E-state index contributed by atoms with van der Waals surface area (Å²) in [5.74, 6) is 0. The van der Waals surface area contributed by atoms with Crippen LogP contribution < -0.4 is 0 Å². The first-order valence-electron chi connectivity index (χ1n) is 8.01. The zero-order valence-electron chi connectivity index (χ0n) is 12.7. The number of rotatable bonds is 10. The number of hydrogen-bond donors (Lipinski definition) is 1. The van der Waals surface area contributed by atoms with Crippen molar-refractivity contribution < 1.29 is 5.11 Å². The fourth-order valence-corrected chi connectivity index (χ4v) is 2.77. The van der Waals surface area contributed by atoms with Crippen molar-refractivity contribution in [1.82, 2.24) is 0 Å². The third-order valence-corrected chi connectivity index (χ3v) is 3.92. The van der Waals surface area contributed by atoms with Crippen LogP contribution in [-0.2, 0) is 5.60 Å². The van der Waals surface area contributed by atoms with E-state index < -0.39 is 5.60 Å². The minimum Gasteiger partial charge on any atom is -0.385 e. The van der Waals surface area contributed by atoms with Gasteiger partial charge in [-0.05, 0) is 18.4 Å². The summed E-state index contributed by atoms with van der Waals surface area (Å²) in [6.45, 7) is 4.39. The van der Waals surface area contributed by atoms with E-state index in [1.54, 1.807) is 0 Å². The summed E-state index contributed by atoms with van der Waals surface area (Å²) in [4.78, 5) is 0. The zero-order valence-corrected chi connectivity index (χ0v) is 12.7. The molecule has 0 heterocycles. The maximum Gasteiger partial charge on any atom is 0.0896 e. The Bertz CT molecular complexity index is 320. The van der Waals surface area contributed by atoms with Crippen molar-refractivity contribution in [3.05, 3.63) is 35.9 Å². The van der Waals surface area contributed by atoms with Gasteiger partial charge < -0.3 is 5.11 Å². The fourth-order valence-electron chi connectivity index (χ4n) is 2.77. The number of unbranched alkanes of at least 4 members (excludes halogenated alkanes) is 5. The van der Waals surface area contributed by atoms with Crippen LogP contribution in [0.1, 0.15) is 77.2 Å². The molecule has 0 aliphatic heterocycles. The van der Waals surface area contributed by atoms with E-state index >= 15 is 0 Å². The van der Waals surface area contributed by atoms with Crippen LogP contribution in [0.2, 0.25) is 0 Å². The second-order valence-electron chi connectivity index (χ2n) is 5.67. The average molecular weight is 262 g/mol. The van der Waals surface area contributed by atoms with E-state index in [0.29, 0.717) is 0 Å². The van der Waals surface area contributed by atoms with Gasteiger partial charge >= 0.3 is 0 Å². The van der Waals surface area contributed by atoms with E-state index in [1.807, 2.05) is 18.2 Å². The van der Waals surface area contributed by atoms with E-state index in [1.165, 1.54) is 32.1 Å². The normalized spacial score (nSPS) is 14.3. The van der Waals surface area contributed by atoms with Crippen molar-refractivity contribution in [3.8, 4) is 0 Å². The molecule has 1 N–H and O–H groups in total. The quantitative estimate of drug-likeness (QED) is 0.558. The molecule has 0 aliphatic carbocycles. The van der Waals surface area contributed by atoms with Gasteiger partial charge in [0.2, 0.25) is 0 Å². The molecule has 1 aromatic rings. The molecule has 1 unspecified atom stereocenters. The lowest BCUT2D eigenvalue weighted by Gasteiger charge is -2.28. The first-order valence-corrected chi connectivity index (χ1v) is 8.01. The van der Waals surface area contributed by atoms with Crippen LogP contribution in [0.3, 0.4) is 0 Å². The SMILES string of the molecule is CCCCCCCCC(O)(CCC)c1ccccc1. The Kier molecular flexibility index (Phi) is 7.81. The van der Waals surface area contributed by atoms with Gasteiger partial charge in [0.15, 0.2) is 0 Å². The Labute approximate surface area is 119 Å². The Morgan fingerprint density at radius 1 is 0.789 bits per heavy atom. The molecule has 0 saturated heterocycles. The summed E-state index contributed by atoms with van der Waals surface area (Å²) in [7, 11) is 0. The molecule has 1 heteroatoms.